The Morgan fingerprint density at radius 2 is 1.78 bits per heavy atom. The molecular weight excluding hydrogens is 522 g/mol. The lowest BCUT2D eigenvalue weighted by Crippen LogP contribution is -2.39. The van der Waals surface area contributed by atoms with Crippen LogP contribution in [0.1, 0.15) is 29.6 Å². The number of rotatable bonds is 6. The highest BCUT2D eigenvalue weighted by Gasteiger charge is 2.29. The van der Waals surface area contributed by atoms with Crippen LogP contribution in [0.3, 0.4) is 0 Å². The molecule has 6 rings (SSSR count). The van der Waals surface area contributed by atoms with Crippen LogP contribution in [0.25, 0.3) is 21.9 Å². The predicted molar refractivity (Wildman–Crippen MR) is 155 cm³/mol. The van der Waals surface area contributed by atoms with E-state index < -0.39 is 6.09 Å². The second-order valence-corrected chi connectivity index (χ2v) is 10.6. The van der Waals surface area contributed by atoms with Crippen LogP contribution in [-0.4, -0.2) is 70.0 Å². The Labute approximate surface area is 237 Å². The largest absolute Gasteiger partial charge is 0.490 e. The number of piperidine rings is 1. The van der Waals surface area contributed by atoms with E-state index in [1.54, 1.807) is 34.1 Å². The van der Waals surface area contributed by atoms with Crippen molar-refractivity contribution in [3.05, 3.63) is 66.6 Å². The van der Waals surface area contributed by atoms with E-state index in [0.717, 1.165) is 53.6 Å². The molecule has 11 nitrogen and oxygen atoms in total. The summed E-state index contributed by atoms with van der Waals surface area (Å²) in [4.78, 5) is 31.8. The van der Waals surface area contributed by atoms with Crippen LogP contribution in [-0.2, 0) is 7.05 Å². The molecule has 1 unspecified atom stereocenters. The highest BCUT2D eigenvalue weighted by atomic mass is 16.6. The number of nitrogens with zero attached hydrogens (tertiary/aromatic N) is 4. The summed E-state index contributed by atoms with van der Waals surface area (Å²) in [5.74, 6) is 1.08. The first-order valence-corrected chi connectivity index (χ1v) is 13.8. The van der Waals surface area contributed by atoms with Gasteiger partial charge in [-0.2, -0.15) is 5.10 Å². The number of carbonyl (C=O) groups excluding carboxylic acids is 2. The van der Waals surface area contributed by atoms with Gasteiger partial charge in [-0.05, 0) is 73.5 Å². The number of nitrogens with one attached hydrogen (secondary N) is 2. The summed E-state index contributed by atoms with van der Waals surface area (Å²) >= 11 is 0. The van der Waals surface area contributed by atoms with Crippen LogP contribution in [0, 0.1) is 0 Å². The third-order valence-electron chi connectivity index (χ3n) is 7.56. The van der Waals surface area contributed by atoms with Crippen molar-refractivity contribution in [1.29, 1.82) is 0 Å². The minimum atomic E-state index is -0.456. The van der Waals surface area contributed by atoms with E-state index in [1.165, 1.54) is 0 Å². The van der Waals surface area contributed by atoms with Crippen LogP contribution in [0.15, 0.2) is 61.1 Å². The van der Waals surface area contributed by atoms with Crippen molar-refractivity contribution in [3.8, 4) is 22.6 Å². The van der Waals surface area contributed by atoms with E-state index in [0.29, 0.717) is 25.3 Å². The average Bonchev–Trinajstić information content (AvgIpc) is 3.63. The molecule has 0 spiro atoms. The maximum Gasteiger partial charge on any atom is 0.415 e. The van der Waals surface area contributed by atoms with Gasteiger partial charge in [-0.1, -0.05) is 12.1 Å². The molecule has 2 amide bonds. The summed E-state index contributed by atoms with van der Waals surface area (Å²) < 4.78 is 13.6. The first kappa shape index (κ1) is 26.6. The van der Waals surface area contributed by atoms with Crippen LogP contribution >= 0.6 is 0 Å². The molecule has 2 saturated heterocycles. The van der Waals surface area contributed by atoms with Gasteiger partial charge in [0.05, 0.1) is 11.8 Å². The van der Waals surface area contributed by atoms with E-state index in [9.17, 15) is 9.59 Å². The standard InChI is InChI=1S/C30H33N7O4/c1-36-17-22(16-34-36)21-14-27(28(31)33-15-21)29(38)35-23-8-11-37(18-23)30(39)41-26-5-3-19-2-4-25(12-20(19)13-26)40-24-6-9-32-10-7-24/h2-5,12-17,23-24,32H,6-11,18H2,1H3,(H2,31,33)(H,35,38). The molecule has 4 aromatic rings. The summed E-state index contributed by atoms with van der Waals surface area (Å²) in [6, 6.07) is 13.0. The van der Waals surface area contributed by atoms with Crippen LogP contribution in [0.5, 0.6) is 11.5 Å². The quantitative estimate of drug-likeness (QED) is 0.330. The molecule has 2 aliphatic heterocycles. The highest BCUT2D eigenvalue weighted by Crippen LogP contribution is 2.27. The third-order valence-corrected chi connectivity index (χ3v) is 7.56. The summed E-state index contributed by atoms with van der Waals surface area (Å²) in [5, 5.41) is 12.5. The highest BCUT2D eigenvalue weighted by molar-refractivity contribution is 5.99. The molecule has 2 aromatic heterocycles. The Balaban J connectivity index is 1.06. The van der Waals surface area contributed by atoms with Crippen molar-refractivity contribution in [2.75, 3.05) is 31.9 Å². The molecule has 4 N–H and O–H groups in total. The summed E-state index contributed by atoms with van der Waals surface area (Å²) in [7, 11) is 1.82. The number of hydrogen-bond donors (Lipinski definition) is 3. The van der Waals surface area contributed by atoms with Crippen LogP contribution < -0.4 is 25.8 Å². The number of aromatic nitrogens is 3. The number of carbonyl (C=O) groups is 2. The molecule has 2 aromatic carbocycles. The Hall–Kier alpha value is -4.64. The van der Waals surface area contributed by atoms with Gasteiger partial charge in [0.1, 0.15) is 23.4 Å². The smallest absolute Gasteiger partial charge is 0.415 e. The van der Waals surface area contributed by atoms with Gasteiger partial charge >= 0.3 is 6.09 Å². The van der Waals surface area contributed by atoms with Gasteiger partial charge in [0, 0.05) is 49.7 Å². The predicted octanol–water partition coefficient (Wildman–Crippen LogP) is 3.35. The molecule has 2 fully saturated rings. The molecular formula is C30H33N7O4. The molecule has 0 aliphatic carbocycles. The zero-order valence-electron chi connectivity index (χ0n) is 22.9. The second-order valence-electron chi connectivity index (χ2n) is 10.6. The topological polar surface area (TPSA) is 137 Å². The molecule has 41 heavy (non-hydrogen) atoms. The zero-order chi connectivity index (χ0) is 28.3. The fourth-order valence-electron chi connectivity index (χ4n) is 5.30. The summed E-state index contributed by atoms with van der Waals surface area (Å²) in [5.41, 5.74) is 7.88. The molecule has 1 atom stereocenters. The van der Waals surface area contributed by atoms with E-state index in [4.69, 9.17) is 15.2 Å². The first-order valence-electron chi connectivity index (χ1n) is 13.8. The van der Waals surface area contributed by atoms with Crippen molar-refractivity contribution in [2.24, 2.45) is 7.05 Å². The fourth-order valence-corrected chi connectivity index (χ4v) is 5.30. The van der Waals surface area contributed by atoms with Crippen molar-refractivity contribution >= 4 is 28.6 Å². The number of nitrogen functional groups attached to an aromatic ring is 1. The zero-order valence-corrected chi connectivity index (χ0v) is 22.9. The van der Waals surface area contributed by atoms with E-state index in [2.05, 4.69) is 20.7 Å². The maximum absolute atomic E-state index is 13.1. The van der Waals surface area contributed by atoms with Crippen molar-refractivity contribution in [1.82, 2.24) is 30.3 Å². The molecule has 4 heterocycles. The first-order chi connectivity index (χ1) is 19.9. The minimum absolute atomic E-state index is 0.144. The molecule has 212 valence electrons. The molecule has 0 bridgehead atoms. The number of anilines is 1. The number of amides is 2. The summed E-state index contributed by atoms with van der Waals surface area (Å²) in [6.45, 7) is 2.73. The van der Waals surface area contributed by atoms with Gasteiger partial charge in [-0.15, -0.1) is 0 Å². The Kier molecular flexibility index (Phi) is 7.43. The third kappa shape index (κ3) is 6.09. The van der Waals surface area contributed by atoms with E-state index >= 15 is 0 Å². The van der Waals surface area contributed by atoms with Gasteiger partial charge in [0.2, 0.25) is 0 Å². The molecule has 0 saturated carbocycles. The normalized spacial score (nSPS) is 17.5. The SMILES string of the molecule is Cn1cc(-c2cnc(N)c(C(=O)NC3CCN(C(=O)Oc4ccc5ccc(OC6CCNCC6)cc5c4)C3)c2)cn1. The minimum Gasteiger partial charge on any atom is -0.490 e. The number of likely N-dealkylation sites (tertiary alicyclic amines) is 1. The maximum atomic E-state index is 13.1. The Morgan fingerprint density at radius 3 is 2.56 bits per heavy atom. The van der Waals surface area contributed by atoms with E-state index in [1.807, 2.05) is 43.6 Å². The van der Waals surface area contributed by atoms with Crippen molar-refractivity contribution in [2.45, 2.75) is 31.4 Å². The van der Waals surface area contributed by atoms with Gasteiger partial charge in [-0.3, -0.25) is 9.48 Å². The number of nitrogens with two attached hydrogens (primary N) is 1. The fraction of sp³-hybridized carbons (Fsp3) is 0.333. The molecule has 11 heteroatoms. The van der Waals surface area contributed by atoms with Crippen LogP contribution in [0.2, 0.25) is 0 Å². The number of aryl methyl sites for hydroxylation is 1. The Morgan fingerprint density at radius 1 is 1.00 bits per heavy atom. The monoisotopic (exact) mass is 555 g/mol. The number of fused-ring (bicyclic) bond motifs is 1. The number of benzene rings is 2. The lowest BCUT2D eigenvalue weighted by atomic mass is 10.1. The molecule has 2 aliphatic rings. The summed E-state index contributed by atoms with van der Waals surface area (Å²) in [6.07, 6.45) is 7.47. The molecule has 0 radical (unpaired) electrons. The van der Waals surface area contributed by atoms with Gasteiger partial charge in [0.25, 0.3) is 5.91 Å². The number of hydrogen-bond acceptors (Lipinski definition) is 8. The lowest BCUT2D eigenvalue weighted by Gasteiger charge is -2.24. The van der Waals surface area contributed by atoms with Gasteiger partial charge in [-0.25, -0.2) is 9.78 Å². The van der Waals surface area contributed by atoms with Crippen molar-refractivity contribution in [3.63, 3.8) is 0 Å². The van der Waals surface area contributed by atoms with Crippen LogP contribution in [0.4, 0.5) is 10.6 Å². The van der Waals surface area contributed by atoms with Crippen molar-refractivity contribution < 1.29 is 19.1 Å². The second kappa shape index (κ2) is 11.5. The lowest BCUT2D eigenvalue weighted by molar-refractivity contribution is 0.0937. The number of pyridine rings is 1. The van der Waals surface area contributed by atoms with E-state index in [-0.39, 0.29) is 29.4 Å². The Bertz CT molecular complexity index is 1580. The van der Waals surface area contributed by atoms with Gasteiger partial charge < -0.3 is 30.7 Å². The van der Waals surface area contributed by atoms with Gasteiger partial charge in [0.15, 0.2) is 0 Å². The number of ether oxygens (including phenoxy) is 2. The average molecular weight is 556 g/mol.